The highest BCUT2D eigenvalue weighted by Crippen LogP contribution is 2.25. The fraction of sp³-hybridized carbons (Fsp3) is 0.462. The van der Waals surface area contributed by atoms with Crippen molar-refractivity contribution in [3.05, 3.63) is 34.9 Å². The van der Waals surface area contributed by atoms with Gasteiger partial charge in [0.2, 0.25) is 5.91 Å². The molecule has 20 heavy (non-hydrogen) atoms. The Bertz CT molecular complexity index is 684. The average molecular weight is 276 g/mol. The molecule has 0 radical (unpaired) electrons. The number of fused-ring (bicyclic) bond motifs is 1. The highest BCUT2D eigenvalue weighted by Gasteiger charge is 2.27. The summed E-state index contributed by atoms with van der Waals surface area (Å²) in [4.78, 5) is 23.7. The predicted octanol–water partition coefficient (Wildman–Crippen LogP) is -0.617. The minimum atomic E-state index is -0.324. The summed E-state index contributed by atoms with van der Waals surface area (Å²) < 4.78 is 2.55. The number of carbonyl (C=O) groups excluding carboxylic acids is 1. The van der Waals surface area contributed by atoms with Crippen LogP contribution in [0.1, 0.15) is 12.8 Å². The molecule has 7 heteroatoms. The Balaban J connectivity index is 1.62. The van der Waals surface area contributed by atoms with Gasteiger partial charge in [0, 0.05) is 12.7 Å². The second-order valence-corrected chi connectivity index (χ2v) is 5.16. The number of hydrogen-bond acceptors (Lipinski definition) is 4. The Morgan fingerprint density at radius 2 is 2.25 bits per heavy atom. The summed E-state index contributed by atoms with van der Waals surface area (Å²) in [6.45, 7) is 0.452. The van der Waals surface area contributed by atoms with Gasteiger partial charge in [-0.3, -0.25) is 9.20 Å². The van der Waals surface area contributed by atoms with Gasteiger partial charge in [0.1, 0.15) is 6.54 Å². The fourth-order valence-electron chi connectivity index (χ4n) is 2.39. The number of rotatable bonds is 4. The van der Waals surface area contributed by atoms with E-state index in [9.17, 15) is 9.59 Å². The van der Waals surface area contributed by atoms with E-state index < -0.39 is 0 Å². The highest BCUT2D eigenvalue weighted by molar-refractivity contribution is 5.75. The Kier molecular flexibility index (Phi) is 3.27. The van der Waals surface area contributed by atoms with Crippen molar-refractivity contribution in [3.63, 3.8) is 0 Å². The summed E-state index contributed by atoms with van der Waals surface area (Å²) in [7, 11) is 0. The summed E-state index contributed by atoms with van der Waals surface area (Å²) >= 11 is 0. The van der Waals surface area contributed by atoms with Crippen molar-refractivity contribution in [2.75, 3.05) is 6.54 Å². The predicted molar refractivity (Wildman–Crippen MR) is 71.2 cm³/mol. The van der Waals surface area contributed by atoms with E-state index in [2.05, 4.69) is 10.4 Å². The zero-order valence-electron chi connectivity index (χ0n) is 10.9. The molecule has 0 unspecified atom stereocenters. The summed E-state index contributed by atoms with van der Waals surface area (Å²) in [5.74, 6) is 0.101. The van der Waals surface area contributed by atoms with Crippen LogP contribution in [0.25, 0.3) is 5.65 Å². The van der Waals surface area contributed by atoms with Crippen LogP contribution in [0.2, 0.25) is 0 Å². The molecule has 0 spiro atoms. The number of aromatic nitrogens is 3. The molecule has 2 N–H and O–H groups in total. The molecule has 7 nitrogen and oxygen atoms in total. The molecule has 0 saturated heterocycles. The number of pyridine rings is 1. The lowest BCUT2D eigenvalue weighted by Crippen LogP contribution is -2.40. The van der Waals surface area contributed by atoms with Crippen LogP contribution in [-0.2, 0) is 11.3 Å². The summed E-state index contributed by atoms with van der Waals surface area (Å²) in [6, 6.07) is 5.24. The lowest BCUT2D eigenvalue weighted by Gasteiger charge is -2.31. The Morgan fingerprint density at radius 3 is 2.95 bits per heavy atom. The molecule has 106 valence electrons. The third-order valence-corrected chi connectivity index (χ3v) is 3.58. The lowest BCUT2D eigenvalue weighted by atomic mass is 9.82. The van der Waals surface area contributed by atoms with E-state index in [0.29, 0.717) is 18.1 Å². The minimum Gasteiger partial charge on any atom is -0.393 e. The van der Waals surface area contributed by atoms with E-state index >= 15 is 0 Å². The largest absolute Gasteiger partial charge is 0.393 e. The van der Waals surface area contributed by atoms with E-state index in [1.807, 2.05) is 0 Å². The second kappa shape index (κ2) is 5.09. The van der Waals surface area contributed by atoms with Crippen LogP contribution in [0, 0.1) is 5.92 Å². The number of aliphatic hydroxyl groups is 1. The topological polar surface area (TPSA) is 88.6 Å². The van der Waals surface area contributed by atoms with Gasteiger partial charge in [0.05, 0.1) is 6.10 Å². The average Bonchev–Trinajstić information content (AvgIpc) is 2.71. The Morgan fingerprint density at radius 1 is 1.45 bits per heavy atom. The van der Waals surface area contributed by atoms with E-state index in [0.717, 1.165) is 17.5 Å². The first-order chi connectivity index (χ1) is 9.63. The fourth-order valence-corrected chi connectivity index (χ4v) is 2.39. The number of nitrogens with zero attached hydrogens (tertiary/aromatic N) is 3. The molecule has 2 heterocycles. The molecule has 0 aromatic carbocycles. The summed E-state index contributed by atoms with van der Waals surface area (Å²) in [5.41, 5.74) is 0.197. The van der Waals surface area contributed by atoms with Crippen LogP contribution < -0.4 is 11.0 Å². The number of amides is 1. The Hall–Kier alpha value is -2.15. The molecule has 2 aromatic heterocycles. The highest BCUT2D eigenvalue weighted by atomic mass is 16.3. The van der Waals surface area contributed by atoms with Gasteiger partial charge in [0.15, 0.2) is 5.65 Å². The van der Waals surface area contributed by atoms with Crippen molar-refractivity contribution in [1.29, 1.82) is 0 Å². The van der Waals surface area contributed by atoms with Gasteiger partial charge in [-0.05, 0) is 30.9 Å². The van der Waals surface area contributed by atoms with Gasteiger partial charge < -0.3 is 10.4 Å². The zero-order valence-corrected chi connectivity index (χ0v) is 10.9. The molecule has 1 aliphatic carbocycles. The monoisotopic (exact) mass is 276 g/mol. The van der Waals surface area contributed by atoms with Crippen molar-refractivity contribution >= 4 is 11.6 Å². The van der Waals surface area contributed by atoms with Crippen molar-refractivity contribution in [2.24, 2.45) is 5.92 Å². The van der Waals surface area contributed by atoms with E-state index in [-0.39, 0.29) is 24.2 Å². The number of aliphatic hydroxyl groups excluding tert-OH is 1. The molecule has 1 fully saturated rings. The van der Waals surface area contributed by atoms with Gasteiger partial charge >= 0.3 is 5.69 Å². The van der Waals surface area contributed by atoms with Crippen LogP contribution in [0.5, 0.6) is 0 Å². The maximum atomic E-state index is 12.0. The molecule has 3 rings (SSSR count). The molecule has 0 bridgehead atoms. The third kappa shape index (κ3) is 2.44. The molecular weight excluding hydrogens is 260 g/mol. The molecule has 1 amide bonds. The molecule has 0 aliphatic heterocycles. The standard InChI is InChI=1S/C13H16N4O3/c18-10-5-9(6-10)7-14-12(19)8-17-13(20)16-4-2-1-3-11(16)15-17/h1-4,9-10,18H,5-8H2,(H,14,19). The number of hydrogen-bond donors (Lipinski definition) is 2. The first-order valence-electron chi connectivity index (χ1n) is 6.62. The van der Waals surface area contributed by atoms with Crippen LogP contribution in [0.3, 0.4) is 0 Å². The van der Waals surface area contributed by atoms with Crippen molar-refractivity contribution in [2.45, 2.75) is 25.5 Å². The zero-order chi connectivity index (χ0) is 14.1. The molecule has 2 aromatic rings. The van der Waals surface area contributed by atoms with Crippen LogP contribution in [-0.4, -0.2) is 37.8 Å². The van der Waals surface area contributed by atoms with E-state index in [1.165, 1.54) is 4.40 Å². The maximum absolute atomic E-state index is 12.0. The van der Waals surface area contributed by atoms with Crippen LogP contribution in [0.4, 0.5) is 0 Å². The van der Waals surface area contributed by atoms with Gasteiger partial charge in [-0.25, -0.2) is 9.48 Å². The first-order valence-corrected chi connectivity index (χ1v) is 6.62. The molecular formula is C13H16N4O3. The number of nitrogens with one attached hydrogen (secondary N) is 1. The quantitative estimate of drug-likeness (QED) is 0.779. The maximum Gasteiger partial charge on any atom is 0.350 e. The summed E-state index contributed by atoms with van der Waals surface area (Å²) in [5, 5.41) is 16.0. The summed E-state index contributed by atoms with van der Waals surface area (Å²) in [6.07, 6.45) is 2.86. The van der Waals surface area contributed by atoms with Crippen molar-refractivity contribution in [1.82, 2.24) is 19.5 Å². The molecule has 0 atom stereocenters. The second-order valence-electron chi connectivity index (χ2n) is 5.16. The third-order valence-electron chi connectivity index (χ3n) is 3.58. The van der Waals surface area contributed by atoms with Crippen molar-refractivity contribution < 1.29 is 9.90 Å². The van der Waals surface area contributed by atoms with Gasteiger partial charge in [0.25, 0.3) is 0 Å². The molecule has 1 saturated carbocycles. The van der Waals surface area contributed by atoms with Crippen LogP contribution >= 0.6 is 0 Å². The Labute approximate surface area is 114 Å². The minimum absolute atomic E-state index is 0.0875. The van der Waals surface area contributed by atoms with Gasteiger partial charge in [-0.1, -0.05) is 6.07 Å². The van der Waals surface area contributed by atoms with E-state index in [4.69, 9.17) is 5.11 Å². The van der Waals surface area contributed by atoms with Gasteiger partial charge in [-0.15, -0.1) is 5.10 Å². The van der Waals surface area contributed by atoms with E-state index in [1.54, 1.807) is 24.4 Å². The smallest absolute Gasteiger partial charge is 0.350 e. The lowest BCUT2D eigenvalue weighted by molar-refractivity contribution is -0.122. The normalized spacial score (nSPS) is 21.6. The van der Waals surface area contributed by atoms with Crippen molar-refractivity contribution in [3.8, 4) is 0 Å². The molecule has 1 aliphatic rings. The number of carbonyl (C=O) groups is 1. The van der Waals surface area contributed by atoms with Gasteiger partial charge in [-0.2, -0.15) is 0 Å². The SMILES string of the molecule is O=C(Cn1nc2ccccn2c1=O)NCC1CC(O)C1. The first kappa shape index (κ1) is 12.9. The van der Waals surface area contributed by atoms with Crippen LogP contribution in [0.15, 0.2) is 29.2 Å².